The number of benzene rings is 1. The Bertz CT molecular complexity index is 405. The molecule has 1 aliphatic heterocycles. The van der Waals surface area contributed by atoms with Crippen molar-refractivity contribution in [3.05, 3.63) is 29.8 Å². The summed E-state index contributed by atoms with van der Waals surface area (Å²) < 4.78 is 40.4. The van der Waals surface area contributed by atoms with Crippen molar-refractivity contribution < 1.29 is 17.9 Å². The van der Waals surface area contributed by atoms with Crippen molar-refractivity contribution in [3.8, 4) is 5.75 Å². The van der Waals surface area contributed by atoms with Crippen molar-refractivity contribution in [1.29, 1.82) is 0 Å². The molecule has 0 saturated carbocycles. The lowest BCUT2D eigenvalue weighted by atomic mass is 9.87. The van der Waals surface area contributed by atoms with E-state index in [4.69, 9.17) is 0 Å². The molecule has 1 saturated heterocycles. The molecule has 0 spiro atoms. The van der Waals surface area contributed by atoms with Gasteiger partial charge in [-0.15, -0.1) is 13.2 Å². The van der Waals surface area contributed by atoms with Gasteiger partial charge in [0.2, 0.25) is 0 Å². The van der Waals surface area contributed by atoms with Crippen LogP contribution in [0.3, 0.4) is 0 Å². The maximum atomic E-state index is 12.1. The van der Waals surface area contributed by atoms with Gasteiger partial charge in [0.1, 0.15) is 5.75 Å². The van der Waals surface area contributed by atoms with Gasteiger partial charge in [-0.25, -0.2) is 0 Å². The maximum absolute atomic E-state index is 12.1. The van der Waals surface area contributed by atoms with Crippen LogP contribution in [0.15, 0.2) is 24.3 Å². The van der Waals surface area contributed by atoms with Crippen LogP contribution >= 0.6 is 0 Å². The first-order chi connectivity index (χ1) is 8.44. The van der Waals surface area contributed by atoms with E-state index in [0.717, 1.165) is 24.9 Å². The molecule has 5 heteroatoms. The molecule has 0 aliphatic carbocycles. The van der Waals surface area contributed by atoms with Gasteiger partial charge in [0.15, 0.2) is 0 Å². The van der Waals surface area contributed by atoms with Gasteiger partial charge in [0.05, 0.1) is 0 Å². The molecule has 18 heavy (non-hydrogen) atoms. The van der Waals surface area contributed by atoms with Gasteiger partial charge in [0, 0.05) is 6.04 Å². The Hall–Kier alpha value is -1.23. The Morgan fingerprint density at radius 3 is 2.78 bits per heavy atom. The summed E-state index contributed by atoms with van der Waals surface area (Å²) in [6, 6.07) is 6.71. The average Bonchev–Trinajstić information content (AvgIpc) is 2.27. The molecule has 1 heterocycles. The lowest BCUT2D eigenvalue weighted by Gasteiger charge is -2.28. The predicted molar refractivity (Wildman–Crippen MR) is 62.6 cm³/mol. The van der Waals surface area contributed by atoms with Crippen LogP contribution in [-0.4, -0.2) is 18.9 Å². The highest BCUT2D eigenvalue weighted by molar-refractivity contribution is 5.31. The Balaban J connectivity index is 2.11. The highest BCUT2D eigenvalue weighted by Crippen LogP contribution is 2.31. The number of alkyl halides is 3. The largest absolute Gasteiger partial charge is 0.573 e. The van der Waals surface area contributed by atoms with Crippen molar-refractivity contribution in [2.24, 2.45) is 0 Å². The van der Waals surface area contributed by atoms with Crippen LogP contribution in [0.4, 0.5) is 13.2 Å². The van der Waals surface area contributed by atoms with Gasteiger partial charge in [-0.1, -0.05) is 12.1 Å². The van der Waals surface area contributed by atoms with Crippen LogP contribution in [0.2, 0.25) is 0 Å². The standard InChI is InChI=1S/C13H16F3NO/c1-9-7-11(5-6-17-9)10-3-2-4-12(8-10)18-13(14,15)16/h2-4,8-9,11,17H,5-7H2,1H3. The van der Waals surface area contributed by atoms with E-state index in [1.54, 1.807) is 6.07 Å². The zero-order valence-corrected chi connectivity index (χ0v) is 10.1. The van der Waals surface area contributed by atoms with Crippen LogP contribution in [0.5, 0.6) is 5.75 Å². The van der Waals surface area contributed by atoms with E-state index in [2.05, 4.69) is 17.0 Å². The number of hydrogen-bond acceptors (Lipinski definition) is 2. The fourth-order valence-electron chi connectivity index (χ4n) is 2.40. The molecule has 2 rings (SSSR count). The van der Waals surface area contributed by atoms with Gasteiger partial charge in [-0.2, -0.15) is 0 Å². The first kappa shape index (κ1) is 13.2. The minimum atomic E-state index is -4.62. The Kier molecular flexibility index (Phi) is 3.80. The monoisotopic (exact) mass is 259 g/mol. The number of ether oxygens (including phenoxy) is 1. The lowest BCUT2D eigenvalue weighted by molar-refractivity contribution is -0.274. The van der Waals surface area contributed by atoms with Crippen LogP contribution in [0, 0.1) is 0 Å². The molecule has 1 aromatic rings. The summed E-state index contributed by atoms with van der Waals surface area (Å²) in [5.74, 6) is 0.171. The zero-order chi connectivity index (χ0) is 13.2. The lowest BCUT2D eigenvalue weighted by Crippen LogP contribution is -2.34. The van der Waals surface area contributed by atoms with Gasteiger partial charge >= 0.3 is 6.36 Å². The second kappa shape index (κ2) is 5.18. The van der Waals surface area contributed by atoms with Gasteiger partial charge < -0.3 is 10.1 Å². The summed E-state index contributed by atoms with van der Waals surface area (Å²) in [5.41, 5.74) is 0.921. The third kappa shape index (κ3) is 3.63. The Labute approximate surface area is 104 Å². The molecule has 1 aromatic carbocycles. The number of halogens is 3. The highest BCUT2D eigenvalue weighted by atomic mass is 19.4. The fourth-order valence-corrected chi connectivity index (χ4v) is 2.40. The molecule has 0 bridgehead atoms. The summed E-state index contributed by atoms with van der Waals surface area (Å²) in [6.07, 6.45) is -2.74. The minimum absolute atomic E-state index is 0.133. The molecule has 0 aromatic heterocycles. The van der Waals surface area contributed by atoms with E-state index in [1.807, 2.05) is 6.07 Å². The fraction of sp³-hybridized carbons (Fsp3) is 0.538. The Morgan fingerprint density at radius 1 is 1.33 bits per heavy atom. The van der Waals surface area contributed by atoms with E-state index in [-0.39, 0.29) is 5.75 Å². The van der Waals surface area contributed by atoms with Crippen molar-refractivity contribution in [1.82, 2.24) is 5.32 Å². The molecule has 0 radical (unpaired) electrons. The third-order valence-electron chi connectivity index (χ3n) is 3.19. The summed E-state index contributed by atoms with van der Waals surface area (Å²) in [7, 11) is 0. The van der Waals surface area contributed by atoms with Crippen molar-refractivity contribution in [2.75, 3.05) is 6.54 Å². The molecule has 2 atom stereocenters. The quantitative estimate of drug-likeness (QED) is 0.878. The molecule has 1 fully saturated rings. The molecule has 0 amide bonds. The van der Waals surface area contributed by atoms with E-state index < -0.39 is 6.36 Å². The van der Waals surface area contributed by atoms with Gasteiger partial charge in [-0.3, -0.25) is 0 Å². The van der Waals surface area contributed by atoms with E-state index in [1.165, 1.54) is 12.1 Å². The van der Waals surface area contributed by atoms with Crippen LogP contribution in [0.1, 0.15) is 31.2 Å². The van der Waals surface area contributed by atoms with Crippen LogP contribution in [-0.2, 0) is 0 Å². The summed E-state index contributed by atoms with van der Waals surface area (Å²) >= 11 is 0. The number of hydrogen-bond donors (Lipinski definition) is 1. The highest BCUT2D eigenvalue weighted by Gasteiger charge is 2.31. The first-order valence-corrected chi connectivity index (χ1v) is 6.03. The third-order valence-corrected chi connectivity index (χ3v) is 3.19. The molecular weight excluding hydrogens is 243 g/mol. The van der Waals surface area contributed by atoms with Crippen molar-refractivity contribution >= 4 is 0 Å². The predicted octanol–water partition coefficient (Wildman–Crippen LogP) is 3.44. The molecule has 1 aliphatic rings. The van der Waals surface area contributed by atoms with Crippen LogP contribution in [0.25, 0.3) is 0 Å². The average molecular weight is 259 g/mol. The zero-order valence-electron chi connectivity index (χ0n) is 10.1. The number of rotatable bonds is 2. The minimum Gasteiger partial charge on any atom is -0.406 e. The van der Waals surface area contributed by atoms with E-state index >= 15 is 0 Å². The summed E-state index contributed by atoms with van der Waals surface area (Å²) in [5, 5.41) is 3.32. The topological polar surface area (TPSA) is 21.3 Å². The Morgan fingerprint density at radius 2 is 2.11 bits per heavy atom. The first-order valence-electron chi connectivity index (χ1n) is 6.03. The van der Waals surface area contributed by atoms with Crippen molar-refractivity contribution in [3.63, 3.8) is 0 Å². The maximum Gasteiger partial charge on any atom is 0.573 e. The molecular formula is C13H16F3NO. The summed E-state index contributed by atoms with van der Waals surface area (Å²) in [6.45, 7) is 2.98. The normalized spacial score (nSPS) is 24.9. The second-order valence-corrected chi connectivity index (χ2v) is 4.70. The molecule has 2 nitrogen and oxygen atoms in total. The molecule has 100 valence electrons. The SMILES string of the molecule is CC1CC(c2cccc(OC(F)(F)F)c2)CCN1. The van der Waals surface area contributed by atoms with E-state index in [0.29, 0.717) is 12.0 Å². The van der Waals surface area contributed by atoms with Crippen LogP contribution < -0.4 is 10.1 Å². The number of nitrogens with one attached hydrogen (secondary N) is 1. The second-order valence-electron chi connectivity index (χ2n) is 4.70. The molecule has 1 N–H and O–H groups in total. The molecule has 2 unspecified atom stereocenters. The smallest absolute Gasteiger partial charge is 0.406 e. The number of piperidine rings is 1. The van der Waals surface area contributed by atoms with Crippen molar-refractivity contribution in [2.45, 2.75) is 38.1 Å². The summed E-state index contributed by atoms with van der Waals surface area (Å²) in [4.78, 5) is 0. The van der Waals surface area contributed by atoms with Gasteiger partial charge in [0.25, 0.3) is 0 Å². The van der Waals surface area contributed by atoms with Gasteiger partial charge in [-0.05, 0) is 49.9 Å². The van der Waals surface area contributed by atoms with E-state index in [9.17, 15) is 13.2 Å².